The first-order valence-corrected chi connectivity index (χ1v) is 12.2. The molecule has 1 aromatic carbocycles. The van der Waals surface area contributed by atoms with E-state index in [2.05, 4.69) is 56.9 Å². The number of rotatable bonds is 6. The van der Waals surface area contributed by atoms with Gasteiger partial charge in [0.15, 0.2) is 0 Å². The van der Waals surface area contributed by atoms with Crippen molar-refractivity contribution < 1.29 is 9.53 Å². The second-order valence-electron chi connectivity index (χ2n) is 8.17. The molecule has 0 unspecified atom stereocenters. The van der Waals surface area contributed by atoms with Crippen LogP contribution in [-0.4, -0.2) is 18.3 Å². The van der Waals surface area contributed by atoms with Gasteiger partial charge >= 0.3 is 5.97 Å². The van der Waals surface area contributed by atoms with Crippen LogP contribution in [0.3, 0.4) is 0 Å². The second-order valence-corrected chi connectivity index (χ2v) is 10.5. The Kier molecular flexibility index (Phi) is 7.49. The van der Waals surface area contributed by atoms with Crippen LogP contribution in [0.25, 0.3) is 0 Å². The summed E-state index contributed by atoms with van der Waals surface area (Å²) in [5.41, 5.74) is 4.07. The molecule has 4 heteroatoms. The van der Waals surface area contributed by atoms with Gasteiger partial charge in [0.25, 0.3) is 0 Å². The number of carbonyl (C=O) groups excluding carboxylic acids is 1. The lowest BCUT2D eigenvalue weighted by Crippen LogP contribution is -2.23. The normalized spacial score (nSPS) is 14.6. The van der Waals surface area contributed by atoms with E-state index in [1.807, 2.05) is 18.7 Å². The van der Waals surface area contributed by atoms with Gasteiger partial charge in [0.05, 0.1) is 11.5 Å². The predicted molar refractivity (Wildman–Crippen MR) is 124 cm³/mol. The molecule has 0 fully saturated rings. The van der Waals surface area contributed by atoms with Gasteiger partial charge in [0, 0.05) is 21.8 Å². The molecule has 0 atom stereocenters. The lowest BCUT2D eigenvalue weighted by atomic mass is 9.80. The van der Waals surface area contributed by atoms with Crippen molar-refractivity contribution in [2.24, 2.45) is 0 Å². The molecule has 1 aromatic heterocycles. The van der Waals surface area contributed by atoms with Crippen LogP contribution in [0.15, 0.2) is 29.2 Å². The van der Waals surface area contributed by atoms with Crippen molar-refractivity contribution >= 4 is 29.1 Å². The smallest absolute Gasteiger partial charge is 0.305 e. The molecule has 3 rings (SSSR count). The Morgan fingerprint density at radius 2 is 2.03 bits per heavy atom. The van der Waals surface area contributed by atoms with E-state index in [4.69, 9.17) is 4.74 Å². The molecule has 2 heterocycles. The summed E-state index contributed by atoms with van der Waals surface area (Å²) >= 11 is 3.73. The molecule has 1 aliphatic rings. The minimum atomic E-state index is -0.0905. The van der Waals surface area contributed by atoms with Gasteiger partial charge < -0.3 is 4.74 Å². The number of thioether (sulfide) groups is 1. The quantitative estimate of drug-likeness (QED) is 0.299. The molecule has 0 radical (unpaired) electrons. The second kappa shape index (κ2) is 9.87. The van der Waals surface area contributed by atoms with E-state index in [-0.39, 0.29) is 11.4 Å². The van der Waals surface area contributed by atoms with E-state index in [1.54, 1.807) is 11.3 Å². The number of aryl methyl sites for hydroxylation is 2. The van der Waals surface area contributed by atoms with Gasteiger partial charge in [-0.25, -0.2) is 0 Å². The van der Waals surface area contributed by atoms with E-state index in [0.717, 1.165) is 29.7 Å². The molecule has 0 spiro atoms. The largest absolute Gasteiger partial charge is 0.466 e. The third-order valence-electron chi connectivity index (χ3n) is 5.38. The van der Waals surface area contributed by atoms with E-state index in [1.165, 1.54) is 33.1 Å². The standard InChI is InChI=1S/C25H30O2S2/c1-5-27-24(26)9-7-6-8-20-12-13-21(29-20)11-10-19-17-22-23(16-18(19)2)28-15-14-25(22,3)4/h12-13,16-17H,5-9,14-15H2,1-4H3. The number of fused-ring (bicyclic) bond motifs is 1. The molecule has 1 aliphatic heterocycles. The third-order valence-corrected chi connectivity index (χ3v) is 7.50. The minimum absolute atomic E-state index is 0.0905. The molecule has 0 amide bonds. The summed E-state index contributed by atoms with van der Waals surface area (Å²) in [6.45, 7) is 9.15. The molecule has 0 bridgehead atoms. The summed E-state index contributed by atoms with van der Waals surface area (Å²) in [4.78, 5) is 15.3. The highest BCUT2D eigenvalue weighted by Crippen LogP contribution is 2.42. The summed E-state index contributed by atoms with van der Waals surface area (Å²) < 4.78 is 4.97. The van der Waals surface area contributed by atoms with Crippen LogP contribution in [0.1, 0.15) is 72.9 Å². The topological polar surface area (TPSA) is 26.3 Å². The fraction of sp³-hybridized carbons (Fsp3) is 0.480. The minimum Gasteiger partial charge on any atom is -0.466 e. The van der Waals surface area contributed by atoms with E-state index >= 15 is 0 Å². The number of ether oxygens (including phenoxy) is 1. The van der Waals surface area contributed by atoms with Crippen LogP contribution in [0.5, 0.6) is 0 Å². The Morgan fingerprint density at radius 1 is 1.21 bits per heavy atom. The Labute approximate surface area is 183 Å². The highest BCUT2D eigenvalue weighted by atomic mass is 32.2. The maximum atomic E-state index is 11.4. The molecule has 0 saturated carbocycles. The summed E-state index contributed by atoms with van der Waals surface area (Å²) in [7, 11) is 0. The van der Waals surface area contributed by atoms with Gasteiger partial charge in [-0.05, 0) is 86.1 Å². The molecule has 2 nitrogen and oxygen atoms in total. The van der Waals surface area contributed by atoms with Crippen LogP contribution in [0.2, 0.25) is 0 Å². The molecule has 2 aromatic rings. The monoisotopic (exact) mass is 426 g/mol. The zero-order valence-corrected chi connectivity index (χ0v) is 19.5. The molecule has 0 N–H and O–H groups in total. The fourth-order valence-electron chi connectivity index (χ4n) is 3.53. The molecular weight excluding hydrogens is 396 g/mol. The van der Waals surface area contributed by atoms with Crippen molar-refractivity contribution in [2.75, 3.05) is 12.4 Å². The molecule has 0 saturated heterocycles. The van der Waals surface area contributed by atoms with Crippen molar-refractivity contribution in [1.82, 2.24) is 0 Å². The van der Waals surface area contributed by atoms with Crippen LogP contribution < -0.4 is 0 Å². The van der Waals surface area contributed by atoms with Crippen molar-refractivity contribution in [2.45, 2.75) is 70.1 Å². The fourth-order valence-corrected chi connectivity index (χ4v) is 6.01. The summed E-state index contributed by atoms with van der Waals surface area (Å²) in [6, 6.07) is 8.91. The first kappa shape index (κ1) is 22.0. The summed E-state index contributed by atoms with van der Waals surface area (Å²) in [5, 5.41) is 0. The number of esters is 1. The Hall–Kier alpha value is -1.70. The van der Waals surface area contributed by atoms with Gasteiger partial charge in [0.2, 0.25) is 0 Å². The Balaban J connectivity index is 1.63. The Bertz CT molecular complexity index is 928. The van der Waals surface area contributed by atoms with Gasteiger partial charge in [-0.2, -0.15) is 0 Å². The number of carbonyl (C=O) groups is 1. The van der Waals surface area contributed by atoms with Crippen LogP contribution in [0.4, 0.5) is 0 Å². The van der Waals surface area contributed by atoms with E-state index < -0.39 is 0 Å². The molecule has 29 heavy (non-hydrogen) atoms. The number of thiophene rings is 1. The maximum Gasteiger partial charge on any atom is 0.305 e. The van der Waals surface area contributed by atoms with Crippen LogP contribution in [-0.2, 0) is 21.4 Å². The predicted octanol–water partition coefficient (Wildman–Crippen LogP) is 6.51. The van der Waals surface area contributed by atoms with Gasteiger partial charge in [-0.15, -0.1) is 23.1 Å². The number of unbranched alkanes of at least 4 members (excludes halogenated alkanes) is 1. The van der Waals surface area contributed by atoms with Crippen molar-refractivity contribution in [3.8, 4) is 11.8 Å². The average Bonchev–Trinajstić information content (AvgIpc) is 3.12. The highest BCUT2D eigenvalue weighted by molar-refractivity contribution is 7.99. The Morgan fingerprint density at radius 3 is 2.83 bits per heavy atom. The summed E-state index contributed by atoms with van der Waals surface area (Å²) in [5.74, 6) is 7.89. The first-order chi connectivity index (χ1) is 13.9. The SMILES string of the molecule is CCOC(=O)CCCCc1ccc(C#Cc2cc3c(cc2C)SCCC3(C)C)s1. The molecule has 154 valence electrons. The first-order valence-electron chi connectivity index (χ1n) is 10.4. The zero-order chi connectivity index (χ0) is 20.9. The van der Waals surface area contributed by atoms with E-state index in [9.17, 15) is 4.79 Å². The lowest BCUT2D eigenvalue weighted by molar-refractivity contribution is -0.143. The van der Waals surface area contributed by atoms with Crippen molar-refractivity contribution in [1.29, 1.82) is 0 Å². The van der Waals surface area contributed by atoms with Gasteiger partial charge in [0.1, 0.15) is 0 Å². The number of hydrogen-bond acceptors (Lipinski definition) is 4. The van der Waals surface area contributed by atoms with E-state index in [0.29, 0.717) is 13.0 Å². The van der Waals surface area contributed by atoms with Crippen molar-refractivity contribution in [3.05, 3.63) is 50.7 Å². The average molecular weight is 427 g/mol. The molecular formula is C25H30O2S2. The van der Waals surface area contributed by atoms with Gasteiger partial charge in [-0.3, -0.25) is 4.79 Å². The lowest BCUT2D eigenvalue weighted by Gasteiger charge is -2.32. The third kappa shape index (κ3) is 5.90. The maximum absolute atomic E-state index is 11.4. The number of hydrogen-bond donors (Lipinski definition) is 0. The zero-order valence-electron chi connectivity index (χ0n) is 17.9. The van der Waals surface area contributed by atoms with Crippen LogP contribution >= 0.6 is 23.1 Å². The van der Waals surface area contributed by atoms with Gasteiger partial charge in [-0.1, -0.05) is 25.7 Å². The van der Waals surface area contributed by atoms with Crippen molar-refractivity contribution in [3.63, 3.8) is 0 Å². The highest BCUT2D eigenvalue weighted by Gasteiger charge is 2.28. The molecule has 0 aliphatic carbocycles. The number of benzene rings is 1. The van der Waals surface area contributed by atoms with Crippen LogP contribution in [0, 0.1) is 18.8 Å². The summed E-state index contributed by atoms with van der Waals surface area (Å²) in [6.07, 6.45) is 4.60.